The molecule has 3 aromatic rings. The number of piperidine rings is 1. The van der Waals surface area contributed by atoms with Crippen molar-refractivity contribution >= 4 is 39.1 Å². The van der Waals surface area contributed by atoms with Crippen LogP contribution in [-0.4, -0.2) is 35.0 Å². The minimum Gasteiger partial charge on any atom is -0.467 e. The molecule has 0 atom stereocenters. The van der Waals surface area contributed by atoms with Gasteiger partial charge in [0.15, 0.2) is 0 Å². The first-order chi connectivity index (χ1) is 13.0. The predicted molar refractivity (Wildman–Crippen MR) is 110 cm³/mol. The zero-order valence-corrected chi connectivity index (χ0v) is 16.9. The smallest absolute Gasteiger partial charge is 0.274 e. The summed E-state index contributed by atoms with van der Waals surface area (Å²) in [5.41, 5.74) is 4.07. The van der Waals surface area contributed by atoms with Crippen molar-refractivity contribution in [3.8, 4) is 5.19 Å². The molecular formula is C21H21ClN2O2S. The van der Waals surface area contributed by atoms with Crippen LogP contribution in [0.25, 0.3) is 10.2 Å². The molecule has 1 saturated heterocycles. The molecule has 4 rings (SSSR count). The van der Waals surface area contributed by atoms with Gasteiger partial charge < -0.3 is 9.64 Å². The number of thiazole rings is 1. The van der Waals surface area contributed by atoms with Crippen LogP contribution in [-0.2, 0) is 0 Å². The van der Waals surface area contributed by atoms with Gasteiger partial charge in [0.1, 0.15) is 6.10 Å². The van der Waals surface area contributed by atoms with E-state index in [2.05, 4.69) is 31.0 Å². The van der Waals surface area contributed by atoms with Crippen LogP contribution >= 0.6 is 22.9 Å². The molecule has 0 N–H and O–H groups in total. The lowest BCUT2D eigenvalue weighted by molar-refractivity contribution is 0.0595. The Balaban J connectivity index is 1.40. The first kappa shape index (κ1) is 18.3. The number of hydrogen-bond donors (Lipinski definition) is 0. The second kappa shape index (κ2) is 7.49. The van der Waals surface area contributed by atoms with E-state index in [0.717, 1.165) is 23.6 Å². The van der Waals surface area contributed by atoms with Crippen LogP contribution < -0.4 is 4.74 Å². The Bertz CT molecular complexity index is 954. The van der Waals surface area contributed by atoms with Crippen molar-refractivity contribution in [3.05, 3.63) is 58.1 Å². The molecule has 0 radical (unpaired) electrons. The molecule has 1 amide bonds. The summed E-state index contributed by atoms with van der Waals surface area (Å²) in [6.07, 6.45) is 1.70. The average molecular weight is 401 g/mol. The largest absolute Gasteiger partial charge is 0.467 e. The minimum absolute atomic E-state index is 0.0298. The van der Waals surface area contributed by atoms with E-state index in [1.165, 1.54) is 15.8 Å². The standard InChI is InChI=1S/C21H21ClN2O2S/c1-13-6-7-14(2)19-18(13)23-21(27-19)26-17-8-10-24(11-9-17)20(25)15-4-3-5-16(22)12-15/h3-7,12,17H,8-11H2,1-2H3. The predicted octanol–water partition coefficient (Wildman–Crippen LogP) is 5.25. The maximum Gasteiger partial charge on any atom is 0.274 e. The van der Waals surface area contributed by atoms with Gasteiger partial charge in [0.05, 0.1) is 10.2 Å². The zero-order chi connectivity index (χ0) is 19.0. The SMILES string of the molecule is Cc1ccc(C)c2sc(OC3CCN(C(=O)c4cccc(Cl)c4)CC3)nc12. The van der Waals surface area contributed by atoms with Gasteiger partial charge in [-0.15, -0.1) is 0 Å². The highest BCUT2D eigenvalue weighted by Gasteiger charge is 2.25. The number of carbonyl (C=O) groups excluding carboxylic acids is 1. The number of halogens is 1. The van der Waals surface area contributed by atoms with Crippen LogP contribution in [0.5, 0.6) is 5.19 Å². The number of carbonyl (C=O) groups is 1. The Hall–Kier alpha value is -2.11. The van der Waals surface area contributed by atoms with Crippen molar-refractivity contribution in [2.75, 3.05) is 13.1 Å². The van der Waals surface area contributed by atoms with Crippen molar-refractivity contribution in [2.24, 2.45) is 0 Å². The van der Waals surface area contributed by atoms with Gasteiger partial charge >= 0.3 is 0 Å². The number of hydrogen-bond acceptors (Lipinski definition) is 4. The lowest BCUT2D eigenvalue weighted by Crippen LogP contribution is -2.41. The number of aromatic nitrogens is 1. The Morgan fingerprint density at radius 2 is 1.93 bits per heavy atom. The molecule has 0 saturated carbocycles. The molecule has 1 aliphatic heterocycles. The number of ether oxygens (including phenoxy) is 1. The number of aryl methyl sites for hydroxylation is 2. The highest BCUT2D eigenvalue weighted by Crippen LogP contribution is 2.33. The lowest BCUT2D eigenvalue weighted by atomic mass is 10.1. The quantitative estimate of drug-likeness (QED) is 0.603. The van der Waals surface area contributed by atoms with Crippen LogP contribution in [0, 0.1) is 13.8 Å². The van der Waals surface area contributed by atoms with Gasteiger partial charge in [-0.05, 0) is 43.2 Å². The fraction of sp³-hybridized carbons (Fsp3) is 0.333. The number of fused-ring (bicyclic) bond motifs is 1. The van der Waals surface area contributed by atoms with E-state index in [9.17, 15) is 4.79 Å². The summed E-state index contributed by atoms with van der Waals surface area (Å²) < 4.78 is 7.34. The van der Waals surface area contributed by atoms with Crippen LogP contribution in [0.15, 0.2) is 36.4 Å². The first-order valence-electron chi connectivity index (χ1n) is 9.09. The fourth-order valence-corrected chi connectivity index (χ4v) is 4.63. The second-order valence-electron chi connectivity index (χ2n) is 6.98. The topological polar surface area (TPSA) is 42.4 Å². The number of nitrogens with zero attached hydrogens (tertiary/aromatic N) is 2. The van der Waals surface area contributed by atoms with E-state index < -0.39 is 0 Å². The summed E-state index contributed by atoms with van der Waals surface area (Å²) in [6, 6.07) is 11.3. The van der Waals surface area contributed by atoms with E-state index in [4.69, 9.17) is 16.3 Å². The summed E-state index contributed by atoms with van der Waals surface area (Å²) in [6.45, 7) is 5.53. The molecular weight excluding hydrogens is 380 g/mol. The summed E-state index contributed by atoms with van der Waals surface area (Å²) in [5, 5.41) is 1.31. The van der Waals surface area contributed by atoms with Crippen LogP contribution in [0.3, 0.4) is 0 Å². The van der Waals surface area contributed by atoms with Crippen molar-refractivity contribution in [3.63, 3.8) is 0 Å². The third-order valence-corrected chi connectivity index (χ3v) is 6.31. The summed E-state index contributed by atoms with van der Waals surface area (Å²) in [7, 11) is 0. The van der Waals surface area contributed by atoms with Crippen molar-refractivity contribution in [1.82, 2.24) is 9.88 Å². The molecule has 0 bridgehead atoms. The normalized spacial score (nSPS) is 15.3. The van der Waals surface area contributed by atoms with E-state index in [0.29, 0.717) is 23.7 Å². The Labute approximate surface area is 167 Å². The fourth-order valence-electron chi connectivity index (χ4n) is 3.41. The lowest BCUT2D eigenvalue weighted by Gasteiger charge is -2.31. The monoisotopic (exact) mass is 400 g/mol. The molecule has 2 heterocycles. The van der Waals surface area contributed by atoms with Gasteiger partial charge in [-0.1, -0.05) is 41.1 Å². The molecule has 2 aromatic carbocycles. The van der Waals surface area contributed by atoms with E-state index in [1.54, 1.807) is 23.5 Å². The molecule has 4 nitrogen and oxygen atoms in total. The number of benzene rings is 2. The molecule has 1 fully saturated rings. The second-order valence-corrected chi connectivity index (χ2v) is 8.37. The van der Waals surface area contributed by atoms with E-state index >= 15 is 0 Å². The Morgan fingerprint density at radius 3 is 2.63 bits per heavy atom. The first-order valence-corrected chi connectivity index (χ1v) is 10.3. The summed E-state index contributed by atoms with van der Waals surface area (Å²) >= 11 is 7.61. The van der Waals surface area contributed by atoms with Gasteiger partial charge in [0.25, 0.3) is 11.1 Å². The maximum absolute atomic E-state index is 12.6. The highest BCUT2D eigenvalue weighted by molar-refractivity contribution is 7.20. The van der Waals surface area contributed by atoms with E-state index in [-0.39, 0.29) is 12.0 Å². The third kappa shape index (κ3) is 3.80. The van der Waals surface area contributed by atoms with Crippen molar-refractivity contribution < 1.29 is 9.53 Å². The molecule has 1 aliphatic rings. The van der Waals surface area contributed by atoms with Crippen molar-refractivity contribution in [2.45, 2.75) is 32.8 Å². The molecule has 0 spiro atoms. The molecule has 27 heavy (non-hydrogen) atoms. The number of likely N-dealkylation sites (tertiary alicyclic amines) is 1. The molecule has 0 aliphatic carbocycles. The Morgan fingerprint density at radius 1 is 1.19 bits per heavy atom. The minimum atomic E-state index is 0.0298. The summed E-state index contributed by atoms with van der Waals surface area (Å²) in [5.74, 6) is 0.0298. The van der Waals surface area contributed by atoms with Gasteiger partial charge in [-0.3, -0.25) is 4.79 Å². The van der Waals surface area contributed by atoms with Crippen LogP contribution in [0.4, 0.5) is 0 Å². The van der Waals surface area contributed by atoms with Gasteiger partial charge in [-0.25, -0.2) is 4.98 Å². The van der Waals surface area contributed by atoms with Gasteiger partial charge in [0, 0.05) is 36.5 Å². The van der Waals surface area contributed by atoms with Gasteiger partial charge in [0.2, 0.25) is 0 Å². The maximum atomic E-state index is 12.6. The third-order valence-electron chi connectivity index (χ3n) is 4.99. The van der Waals surface area contributed by atoms with E-state index in [1.807, 2.05) is 17.0 Å². The highest BCUT2D eigenvalue weighted by atomic mass is 35.5. The number of amides is 1. The van der Waals surface area contributed by atoms with Crippen LogP contribution in [0.1, 0.15) is 34.3 Å². The zero-order valence-electron chi connectivity index (χ0n) is 15.4. The molecule has 6 heteroatoms. The molecule has 140 valence electrons. The number of rotatable bonds is 3. The molecule has 0 unspecified atom stereocenters. The van der Waals surface area contributed by atoms with Crippen molar-refractivity contribution in [1.29, 1.82) is 0 Å². The average Bonchev–Trinajstić information content (AvgIpc) is 3.10. The van der Waals surface area contributed by atoms with Crippen LogP contribution in [0.2, 0.25) is 5.02 Å². The molecule has 1 aromatic heterocycles. The summed E-state index contributed by atoms with van der Waals surface area (Å²) in [4.78, 5) is 19.2. The Kier molecular flexibility index (Phi) is 5.06. The van der Waals surface area contributed by atoms with Gasteiger partial charge in [-0.2, -0.15) is 0 Å².